The summed E-state index contributed by atoms with van der Waals surface area (Å²) in [6, 6.07) is -0.163. The molecule has 1 N–H and O–H groups in total. The Bertz CT molecular complexity index is 877. The van der Waals surface area contributed by atoms with Crippen molar-refractivity contribution in [1.29, 1.82) is 0 Å². The molecule has 1 aliphatic heterocycles. The summed E-state index contributed by atoms with van der Waals surface area (Å²) in [7, 11) is -1.11. The van der Waals surface area contributed by atoms with Crippen LogP contribution in [-0.2, 0) is 22.1 Å². The quantitative estimate of drug-likeness (QED) is 0.709. The highest BCUT2D eigenvalue weighted by Crippen LogP contribution is 2.16. The van der Waals surface area contributed by atoms with Gasteiger partial charge in [-0.2, -0.15) is 0 Å². The molecule has 0 aromatic carbocycles. The summed E-state index contributed by atoms with van der Waals surface area (Å²) in [4.78, 5) is 31.8. The van der Waals surface area contributed by atoms with Gasteiger partial charge >= 0.3 is 0 Å². The lowest BCUT2D eigenvalue weighted by Crippen LogP contribution is -2.56. The Kier molecular flexibility index (Phi) is 7.59. The van der Waals surface area contributed by atoms with Gasteiger partial charge in [-0.3, -0.25) is 18.9 Å². The lowest BCUT2D eigenvalue weighted by atomic mass is 10.2. The summed E-state index contributed by atoms with van der Waals surface area (Å²) in [6.07, 6.45) is 4.82. The van der Waals surface area contributed by atoms with Gasteiger partial charge in [-0.05, 0) is 20.8 Å². The second kappa shape index (κ2) is 9.70. The van der Waals surface area contributed by atoms with Crippen molar-refractivity contribution in [2.45, 2.75) is 45.2 Å². The molecule has 8 nitrogen and oxygen atoms in total. The summed E-state index contributed by atoms with van der Waals surface area (Å²) < 4.78 is 11.8. The zero-order valence-corrected chi connectivity index (χ0v) is 17.8. The minimum absolute atomic E-state index is 0.0768. The molecule has 0 bridgehead atoms. The molecule has 1 saturated heterocycles. The van der Waals surface area contributed by atoms with Gasteiger partial charge in [-0.25, -0.2) is 15.0 Å². The van der Waals surface area contributed by atoms with Crippen LogP contribution in [0.5, 0.6) is 0 Å². The van der Waals surface area contributed by atoms with E-state index in [-0.39, 0.29) is 29.5 Å². The first-order chi connectivity index (χ1) is 13.3. The van der Waals surface area contributed by atoms with Gasteiger partial charge in [0.2, 0.25) is 0 Å². The molecular weight excluding hydrogens is 400 g/mol. The molecule has 1 atom stereocenters. The van der Waals surface area contributed by atoms with Crippen LogP contribution in [0.1, 0.15) is 33.5 Å². The maximum Gasteiger partial charge on any atom is 0.295 e. The standard InChI is InChI=1S/C18H23ClN6O2S/c1-6-14-17(23-12(5)19)25(11(3)4)18(26)16(24-14)22-10-15-20-8-13(9-21-15)28(27)7-2/h6,8-9,11H,5,7,10H2,1-4H3,(H,22,24)/b14-6+,23-17?. The Morgan fingerprint density at radius 1 is 1.43 bits per heavy atom. The van der Waals surface area contributed by atoms with Crippen molar-refractivity contribution < 1.29 is 9.00 Å². The highest BCUT2D eigenvalue weighted by molar-refractivity contribution is 7.85. The number of hydrogen-bond donors (Lipinski definition) is 1. The van der Waals surface area contributed by atoms with Crippen molar-refractivity contribution in [1.82, 2.24) is 20.2 Å². The number of allylic oxidation sites excluding steroid dienone is 1. The molecule has 2 heterocycles. The van der Waals surface area contributed by atoms with Crippen LogP contribution in [0.25, 0.3) is 0 Å². The number of amides is 1. The van der Waals surface area contributed by atoms with Gasteiger partial charge in [0.25, 0.3) is 5.91 Å². The fraction of sp³-hybridized carbons (Fsp3) is 0.389. The van der Waals surface area contributed by atoms with Crippen molar-refractivity contribution in [3.05, 3.63) is 41.7 Å². The van der Waals surface area contributed by atoms with Crippen LogP contribution in [-0.4, -0.2) is 48.4 Å². The highest BCUT2D eigenvalue weighted by Gasteiger charge is 2.34. The molecule has 0 saturated carbocycles. The van der Waals surface area contributed by atoms with E-state index in [1.807, 2.05) is 27.7 Å². The first-order valence-electron chi connectivity index (χ1n) is 8.72. The molecule has 1 aliphatic rings. The van der Waals surface area contributed by atoms with Gasteiger partial charge in [0, 0.05) is 24.2 Å². The Labute approximate surface area is 172 Å². The first kappa shape index (κ1) is 21.9. The molecular formula is C18H23ClN6O2S. The molecule has 1 aromatic heterocycles. The third-order valence-electron chi connectivity index (χ3n) is 3.76. The Morgan fingerprint density at radius 3 is 2.57 bits per heavy atom. The van der Waals surface area contributed by atoms with Gasteiger partial charge in [0.1, 0.15) is 17.5 Å². The minimum atomic E-state index is -1.11. The van der Waals surface area contributed by atoms with Crippen LogP contribution in [0.15, 0.2) is 50.8 Å². The number of aromatic nitrogens is 2. The number of rotatable bonds is 6. The fourth-order valence-electron chi connectivity index (χ4n) is 2.45. The van der Waals surface area contributed by atoms with E-state index in [0.717, 1.165) is 0 Å². The fourth-order valence-corrected chi connectivity index (χ4v) is 3.21. The summed E-state index contributed by atoms with van der Waals surface area (Å²) in [5.74, 6) is 1.14. The average molecular weight is 423 g/mol. The molecule has 28 heavy (non-hydrogen) atoms. The molecule has 2 rings (SSSR count). The van der Waals surface area contributed by atoms with Crippen LogP contribution in [0.3, 0.4) is 0 Å². The monoisotopic (exact) mass is 422 g/mol. The summed E-state index contributed by atoms with van der Waals surface area (Å²) >= 11 is 5.83. The molecule has 150 valence electrons. The van der Waals surface area contributed by atoms with E-state index >= 15 is 0 Å². The number of piperazine rings is 1. The van der Waals surface area contributed by atoms with Gasteiger partial charge < -0.3 is 5.32 Å². The molecule has 1 aromatic rings. The van der Waals surface area contributed by atoms with Gasteiger partial charge in [0.05, 0.1) is 21.4 Å². The van der Waals surface area contributed by atoms with Crippen molar-refractivity contribution in [3.63, 3.8) is 0 Å². The molecule has 0 spiro atoms. The maximum atomic E-state index is 12.9. The van der Waals surface area contributed by atoms with Crippen molar-refractivity contribution >= 4 is 40.0 Å². The van der Waals surface area contributed by atoms with Crippen LogP contribution in [0, 0.1) is 0 Å². The summed E-state index contributed by atoms with van der Waals surface area (Å²) in [5, 5.41) is 3.06. The normalized spacial score (nSPS) is 20.1. The van der Waals surface area contributed by atoms with Crippen molar-refractivity contribution in [2.75, 3.05) is 5.75 Å². The predicted molar refractivity (Wildman–Crippen MR) is 111 cm³/mol. The lowest BCUT2D eigenvalue weighted by molar-refractivity contribution is -0.122. The van der Waals surface area contributed by atoms with E-state index in [9.17, 15) is 9.00 Å². The minimum Gasteiger partial charge on any atom is -0.333 e. The van der Waals surface area contributed by atoms with Gasteiger partial charge in [-0.1, -0.05) is 31.2 Å². The van der Waals surface area contributed by atoms with Gasteiger partial charge in [0.15, 0.2) is 11.7 Å². The SMILES string of the molecule is C=C(Cl)N=C1/C(=C\C)NC(=NCc2ncc(S(=O)CC)cn2)C(=O)N1C(C)C. The third-order valence-corrected chi connectivity index (χ3v) is 5.11. The van der Waals surface area contributed by atoms with Crippen molar-refractivity contribution in [3.8, 4) is 0 Å². The zero-order chi connectivity index (χ0) is 20.8. The number of nitrogens with one attached hydrogen (secondary N) is 1. The summed E-state index contributed by atoms with van der Waals surface area (Å²) in [6.45, 7) is 11.1. The second-order valence-corrected chi connectivity index (χ2v) is 8.22. The van der Waals surface area contributed by atoms with E-state index in [2.05, 4.69) is 31.8 Å². The number of carbonyl (C=O) groups is 1. The van der Waals surface area contributed by atoms with E-state index in [1.165, 1.54) is 17.3 Å². The van der Waals surface area contributed by atoms with E-state index in [0.29, 0.717) is 28.0 Å². The van der Waals surface area contributed by atoms with Gasteiger partial charge in [-0.15, -0.1) is 0 Å². The number of nitrogens with zero attached hydrogens (tertiary/aromatic N) is 5. The largest absolute Gasteiger partial charge is 0.333 e. The number of aliphatic imine (C=N–C) groups is 2. The van der Waals surface area contributed by atoms with Crippen LogP contribution in [0.2, 0.25) is 0 Å². The lowest BCUT2D eigenvalue weighted by Gasteiger charge is -2.34. The van der Waals surface area contributed by atoms with E-state index < -0.39 is 10.8 Å². The number of halogens is 1. The first-order valence-corrected chi connectivity index (χ1v) is 10.4. The third kappa shape index (κ3) is 5.11. The molecule has 10 heteroatoms. The van der Waals surface area contributed by atoms with Crippen molar-refractivity contribution in [2.24, 2.45) is 9.98 Å². The molecule has 1 fully saturated rings. The number of amidine groups is 2. The van der Waals surface area contributed by atoms with Crippen LogP contribution < -0.4 is 5.32 Å². The predicted octanol–water partition coefficient (Wildman–Crippen LogP) is 2.36. The number of carbonyl (C=O) groups excluding carboxylic acids is 1. The average Bonchev–Trinajstić information content (AvgIpc) is 2.66. The Balaban J connectivity index is 2.29. The highest BCUT2D eigenvalue weighted by atomic mass is 35.5. The zero-order valence-electron chi connectivity index (χ0n) is 16.3. The number of hydrogen-bond acceptors (Lipinski definition) is 6. The topological polar surface area (TPSA) is 99.9 Å². The van der Waals surface area contributed by atoms with E-state index in [1.54, 1.807) is 6.08 Å². The second-order valence-electron chi connectivity index (χ2n) is 6.04. The summed E-state index contributed by atoms with van der Waals surface area (Å²) in [5.41, 5.74) is 0.600. The Morgan fingerprint density at radius 2 is 2.07 bits per heavy atom. The molecule has 0 aliphatic carbocycles. The molecule has 1 amide bonds. The molecule has 0 radical (unpaired) electrons. The smallest absolute Gasteiger partial charge is 0.295 e. The Hall–Kier alpha value is -2.39. The molecule has 1 unspecified atom stereocenters. The van der Waals surface area contributed by atoms with Crippen LogP contribution in [0.4, 0.5) is 0 Å². The van der Waals surface area contributed by atoms with Crippen LogP contribution >= 0.6 is 11.6 Å². The van der Waals surface area contributed by atoms with E-state index in [4.69, 9.17) is 11.6 Å². The maximum absolute atomic E-state index is 12.9.